The van der Waals surface area contributed by atoms with E-state index >= 15 is 0 Å². The molecular weight excluding hydrogens is 295 g/mol. The molecule has 0 spiro atoms. The molecule has 120 valence electrons. The maximum absolute atomic E-state index is 13.3. The first-order valence-corrected chi connectivity index (χ1v) is 7.45. The first-order valence-electron chi connectivity index (χ1n) is 7.45. The fourth-order valence-electron chi connectivity index (χ4n) is 2.22. The van der Waals surface area contributed by atoms with Gasteiger partial charge in [0.05, 0.1) is 12.2 Å². The molecule has 2 aromatic carbocycles. The summed E-state index contributed by atoms with van der Waals surface area (Å²) in [6.45, 7) is 4.51. The zero-order chi connectivity index (χ0) is 16.8. The molecule has 0 bridgehead atoms. The van der Waals surface area contributed by atoms with Crippen molar-refractivity contribution in [1.29, 1.82) is 0 Å². The third-order valence-electron chi connectivity index (χ3n) is 3.34. The lowest BCUT2D eigenvalue weighted by Crippen LogP contribution is -2.02. The summed E-state index contributed by atoms with van der Waals surface area (Å²) < 4.78 is 18.9. The summed E-state index contributed by atoms with van der Waals surface area (Å²) >= 11 is 0. The standard InChI is InChI=1S/C19H19FO3/c1-3-9-23-18-8-7-15(10-13(18)2)17(19(21)22)12-14-5-4-6-16(20)11-14/h4-8,10-12H,3,9H2,1-2H3,(H,21,22)/b17-12-. The Labute approximate surface area is 135 Å². The van der Waals surface area contributed by atoms with Gasteiger partial charge in [-0.3, -0.25) is 0 Å². The highest BCUT2D eigenvalue weighted by molar-refractivity contribution is 6.20. The van der Waals surface area contributed by atoms with Gasteiger partial charge in [-0.05, 0) is 60.4 Å². The Hall–Kier alpha value is -2.62. The SMILES string of the molecule is CCCOc1ccc(/C(=C/c2cccc(F)c2)C(=O)O)cc1C. The van der Waals surface area contributed by atoms with Crippen LogP contribution in [0.25, 0.3) is 11.6 Å². The van der Waals surface area contributed by atoms with Crippen molar-refractivity contribution in [3.63, 3.8) is 0 Å². The van der Waals surface area contributed by atoms with Crippen molar-refractivity contribution in [1.82, 2.24) is 0 Å². The highest BCUT2D eigenvalue weighted by Crippen LogP contribution is 2.25. The number of aliphatic carboxylic acids is 1. The van der Waals surface area contributed by atoms with Crippen LogP contribution in [-0.4, -0.2) is 17.7 Å². The number of benzene rings is 2. The average Bonchev–Trinajstić information content (AvgIpc) is 2.51. The number of carboxylic acids is 1. The molecule has 0 aliphatic heterocycles. The molecule has 0 saturated carbocycles. The topological polar surface area (TPSA) is 46.5 Å². The van der Waals surface area contributed by atoms with Gasteiger partial charge in [0.1, 0.15) is 11.6 Å². The molecule has 1 N–H and O–H groups in total. The molecule has 0 aliphatic rings. The van der Waals surface area contributed by atoms with Crippen LogP contribution in [-0.2, 0) is 4.79 Å². The molecule has 0 heterocycles. The second-order valence-electron chi connectivity index (χ2n) is 5.25. The zero-order valence-corrected chi connectivity index (χ0v) is 13.2. The van der Waals surface area contributed by atoms with E-state index in [9.17, 15) is 14.3 Å². The van der Waals surface area contributed by atoms with Crippen LogP contribution in [0.5, 0.6) is 5.75 Å². The number of carboxylic acid groups (broad SMARTS) is 1. The van der Waals surface area contributed by atoms with Crippen LogP contribution in [0.4, 0.5) is 4.39 Å². The van der Waals surface area contributed by atoms with Gasteiger partial charge in [0.2, 0.25) is 0 Å². The van der Waals surface area contributed by atoms with Crippen LogP contribution in [0.3, 0.4) is 0 Å². The number of ether oxygens (including phenoxy) is 1. The van der Waals surface area contributed by atoms with Gasteiger partial charge in [-0.15, -0.1) is 0 Å². The van der Waals surface area contributed by atoms with E-state index < -0.39 is 11.8 Å². The number of carbonyl (C=O) groups is 1. The van der Waals surface area contributed by atoms with Crippen LogP contribution >= 0.6 is 0 Å². The Kier molecular flexibility index (Phi) is 5.52. The van der Waals surface area contributed by atoms with E-state index in [4.69, 9.17) is 4.74 Å². The molecule has 2 rings (SSSR count). The van der Waals surface area contributed by atoms with Gasteiger partial charge in [-0.2, -0.15) is 0 Å². The fourth-order valence-corrected chi connectivity index (χ4v) is 2.22. The van der Waals surface area contributed by atoms with Crippen molar-refractivity contribution in [2.24, 2.45) is 0 Å². The maximum Gasteiger partial charge on any atom is 0.336 e. The van der Waals surface area contributed by atoms with Gasteiger partial charge in [-0.1, -0.05) is 25.1 Å². The van der Waals surface area contributed by atoms with E-state index in [-0.39, 0.29) is 5.57 Å². The summed E-state index contributed by atoms with van der Waals surface area (Å²) in [5.74, 6) is -0.718. The lowest BCUT2D eigenvalue weighted by Gasteiger charge is -2.10. The first kappa shape index (κ1) is 16.7. The van der Waals surface area contributed by atoms with Crippen LogP contribution in [0.2, 0.25) is 0 Å². The Morgan fingerprint density at radius 1 is 1.26 bits per heavy atom. The molecule has 0 unspecified atom stereocenters. The predicted molar refractivity (Wildman–Crippen MR) is 88.9 cm³/mol. The van der Waals surface area contributed by atoms with E-state index in [0.717, 1.165) is 17.7 Å². The smallest absolute Gasteiger partial charge is 0.336 e. The van der Waals surface area contributed by atoms with Gasteiger partial charge >= 0.3 is 5.97 Å². The highest BCUT2D eigenvalue weighted by atomic mass is 19.1. The molecule has 0 saturated heterocycles. The summed E-state index contributed by atoms with van der Waals surface area (Å²) in [5.41, 5.74) is 2.04. The fraction of sp³-hybridized carbons (Fsp3) is 0.211. The van der Waals surface area contributed by atoms with E-state index in [2.05, 4.69) is 0 Å². The molecule has 0 fully saturated rings. The van der Waals surface area contributed by atoms with Crippen LogP contribution in [0.15, 0.2) is 42.5 Å². The van der Waals surface area contributed by atoms with Crippen molar-refractivity contribution < 1.29 is 19.0 Å². The lowest BCUT2D eigenvalue weighted by molar-refractivity contribution is -0.130. The van der Waals surface area contributed by atoms with Gasteiger partial charge in [0.25, 0.3) is 0 Å². The van der Waals surface area contributed by atoms with Crippen LogP contribution in [0, 0.1) is 12.7 Å². The zero-order valence-electron chi connectivity index (χ0n) is 13.2. The van der Waals surface area contributed by atoms with E-state index in [1.54, 1.807) is 30.3 Å². The van der Waals surface area contributed by atoms with Gasteiger partial charge in [-0.25, -0.2) is 9.18 Å². The quantitative estimate of drug-likeness (QED) is 0.628. The molecule has 23 heavy (non-hydrogen) atoms. The molecule has 0 radical (unpaired) electrons. The van der Waals surface area contributed by atoms with Crippen molar-refractivity contribution in [3.05, 3.63) is 65.0 Å². The number of rotatable bonds is 6. The molecule has 4 heteroatoms. The Morgan fingerprint density at radius 3 is 2.65 bits per heavy atom. The maximum atomic E-state index is 13.3. The summed E-state index contributed by atoms with van der Waals surface area (Å²) in [6, 6.07) is 11.1. The number of hydrogen-bond acceptors (Lipinski definition) is 2. The van der Waals surface area contributed by atoms with E-state index in [0.29, 0.717) is 17.7 Å². The van der Waals surface area contributed by atoms with Crippen molar-refractivity contribution in [3.8, 4) is 5.75 Å². The summed E-state index contributed by atoms with van der Waals surface area (Å²) in [5, 5.41) is 9.47. The summed E-state index contributed by atoms with van der Waals surface area (Å²) in [6.07, 6.45) is 2.37. The van der Waals surface area contributed by atoms with Gasteiger partial charge < -0.3 is 9.84 Å². The van der Waals surface area contributed by atoms with Crippen LogP contribution < -0.4 is 4.74 Å². The second kappa shape index (κ2) is 7.58. The van der Waals surface area contributed by atoms with Crippen molar-refractivity contribution >= 4 is 17.6 Å². The van der Waals surface area contributed by atoms with Crippen LogP contribution in [0.1, 0.15) is 30.0 Å². The normalized spacial score (nSPS) is 11.3. The van der Waals surface area contributed by atoms with Gasteiger partial charge in [0.15, 0.2) is 0 Å². The molecule has 0 atom stereocenters. The number of halogens is 1. The van der Waals surface area contributed by atoms with Gasteiger partial charge in [0, 0.05) is 0 Å². The van der Waals surface area contributed by atoms with Crippen molar-refractivity contribution in [2.45, 2.75) is 20.3 Å². The minimum Gasteiger partial charge on any atom is -0.493 e. The molecular formula is C19H19FO3. The monoisotopic (exact) mass is 314 g/mol. The Bertz CT molecular complexity index is 735. The molecule has 0 aliphatic carbocycles. The third-order valence-corrected chi connectivity index (χ3v) is 3.34. The van der Waals surface area contributed by atoms with E-state index in [1.807, 2.05) is 13.8 Å². The largest absolute Gasteiger partial charge is 0.493 e. The Balaban J connectivity index is 2.38. The predicted octanol–water partition coefficient (Wildman–Crippen LogP) is 4.55. The summed E-state index contributed by atoms with van der Waals surface area (Å²) in [4.78, 5) is 11.6. The minimum absolute atomic E-state index is 0.112. The molecule has 0 aromatic heterocycles. The molecule has 3 nitrogen and oxygen atoms in total. The Morgan fingerprint density at radius 2 is 2.04 bits per heavy atom. The second-order valence-corrected chi connectivity index (χ2v) is 5.25. The molecule has 2 aromatic rings. The van der Waals surface area contributed by atoms with Crippen molar-refractivity contribution in [2.75, 3.05) is 6.61 Å². The lowest BCUT2D eigenvalue weighted by atomic mass is 10.0. The average molecular weight is 314 g/mol. The summed E-state index contributed by atoms with van der Waals surface area (Å²) in [7, 11) is 0. The highest BCUT2D eigenvalue weighted by Gasteiger charge is 2.12. The number of hydrogen-bond donors (Lipinski definition) is 1. The third kappa shape index (κ3) is 4.42. The first-order chi connectivity index (χ1) is 11.0. The number of aryl methyl sites for hydroxylation is 1. The molecule has 0 amide bonds. The minimum atomic E-state index is -1.06. The van der Waals surface area contributed by atoms with E-state index in [1.165, 1.54) is 18.2 Å².